The van der Waals surface area contributed by atoms with Gasteiger partial charge in [-0.2, -0.15) is 0 Å². The Morgan fingerprint density at radius 3 is 2.76 bits per heavy atom. The van der Waals surface area contributed by atoms with Crippen LogP contribution in [0.4, 0.5) is 5.82 Å². The zero-order chi connectivity index (χ0) is 15.1. The van der Waals surface area contributed by atoms with Crippen molar-refractivity contribution < 1.29 is 9.53 Å². The average molecular weight is 293 g/mol. The van der Waals surface area contributed by atoms with Crippen molar-refractivity contribution in [2.45, 2.75) is 6.92 Å². The number of anilines is 1. The standard InChI is InChI=1S/C14H23N5O2/c1-3-18-5-7-19(8-6-18)14(20)12-10-13(17-11-16-12)15-4-9-21-2/h10-11H,3-9H2,1-2H3,(H,15,16,17). The molecule has 1 aromatic heterocycles. The maximum atomic E-state index is 12.4. The summed E-state index contributed by atoms with van der Waals surface area (Å²) in [6.45, 7) is 7.76. The lowest BCUT2D eigenvalue weighted by Crippen LogP contribution is -2.48. The second-order valence-corrected chi connectivity index (χ2v) is 4.93. The molecule has 21 heavy (non-hydrogen) atoms. The number of ether oxygens (including phenoxy) is 1. The molecule has 0 spiro atoms. The molecule has 1 saturated heterocycles. The van der Waals surface area contributed by atoms with Crippen LogP contribution in [0, 0.1) is 0 Å². The van der Waals surface area contributed by atoms with E-state index in [0.717, 1.165) is 32.7 Å². The summed E-state index contributed by atoms with van der Waals surface area (Å²) in [7, 11) is 1.65. The smallest absolute Gasteiger partial charge is 0.272 e. The van der Waals surface area contributed by atoms with Crippen LogP contribution < -0.4 is 5.32 Å². The molecule has 0 radical (unpaired) electrons. The van der Waals surface area contributed by atoms with Crippen LogP contribution in [0.15, 0.2) is 12.4 Å². The zero-order valence-corrected chi connectivity index (χ0v) is 12.7. The summed E-state index contributed by atoms with van der Waals surface area (Å²) in [4.78, 5) is 24.8. The number of methoxy groups -OCH3 is 1. The van der Waals surface area contributed by atoms with Gasteiger partial charge in [-0.3, -0.25) is 4.79 Å². The van der Waals surface area contributed by atoms with Crippen LogP contribution in [0.5, 0.6) is 0 Å². The monoisotopic (exact) mass is 293 g/mol. The number of nitrogens with one attached hydrogen (secondary N) is 1. The Hall–Kier alpha value is -1.73. The summed E-state index contributed by atoms with van der Waals surface area (Å²) < 4.78 is 4.97. The van der Waals surface area contributed by atoms with Crippen molar-refractivity contribution >= 4 is 11.7 Å². The largest absolute Gasteiger partial charge is 0.383 e. The molecule has 1 fully saturated rings. The van der Waals surface area contributed by atoms with Gasteiger partial charge in [0.2, 0.25) is 0 Å². The number of hydrogen-bond donors (Lipinski definition) is 1. The second kappa shape index (κ2) is 7.90. The molecule has 0 unspecified atom stereocenters. The van der Waals surface area contributed by atoms with Crippen molar-refractivity contribution in [3.8, 4) is 0 Å². The maximum Gasteiger partial charge on any atom is 0.272 e. The van der Waals surface area contributed by atoms with Crippen LogP contribution in [0.2, 0.25) is 0 Å². The number of piperazine rings is 1. The van der Waals surface area contributed by atoms with E-state index in [1.807, 2.05) is 4.90 Å². The minimum Gasteiger partial charge on any atom is -0.383 e. The molecule has 0 aromatic carbocycles. The van der Waals surface area contributed by atoms with Gasteiger partial charge in [0.15, 0.2) is 0 Å². The van der Waals surface area contributed by atoms with Gasteiger partial charge in [0, 0.05) is 45.9 Å². The molecular formula is C14H23N5O2. The highest BCUT2D eigenvalue weighted by atomic mass is 16.5. The van der Waals surface area contributed by atoms with Gasteiger partial charge in [0.05, 0.1) is 6.61 Å². The highest BCUT2D eigenvalue weighted by Gasteiger charge is 2.22. The van der Waals surface area contributed by atoms with Crippen molar-refractivity contribution in [1.82, 2.24) is 19.8 Å². The van der Waals surface area contributed by atoms with Crippen LogP contribution in [0.3, 0.4) is 0 Å². The number of carbonyl (C=O) groups excluding carboxylic acids is 1. The van der Waals surface area contributed by atoms with E-state index in [0.29, 0.717) is 24.7 Å². The fourth-order valence-corrected chi connectivity index (χ4v) is 2.28. The molecule has 7 heteroatoms. The molecule has 1 aliphatic heterocycles. The molecular weight excluding hydrogens is 270 g/mol. The first kappa shape index (κ1) is 15.7. The average Bonchev–Trinajstić information content (AvgIpc) is 2.55. The molecule has 2 heterocycles. The predicted octanol–water partition coefficient (Wildman–Crippen LogP) is 0.313. The fourth-order valence-electron chi connectivity index (χ4n) is 2.28. The molecule has 0 bridgehead atoms. The maximum absolute atomic E-state index is 12.4. The molecule has 1 aromatic rings. The molecule has 116 valence electrons. The quantitative estimate of drug-likeness (QED) is 0.761. The second-order valence-electron chi connectivity index (χ2n) is 4.93. The Morgan fingerprint density at radius 2 is 2.10 bits per heavy atom. The van der Waals surface area contributed by atoms with Gasteiger partial charge in [-0.05, 0) is 6.54 Å². The highest BCUT2D eigenvalue weighted by molar-refractivity contribution is 5.93. The van der Waals surface area contributed by atoms with Crippen LogP contribution in [-0.4, -0.2) is 78.7 Å². The van der Waals surface area contributed by atoms with E-state index in [1.54, 1.807) is 13.2 Å². The molecule has 1 aliphatic rings. The summed E-state index contributed by atoms with van der Waals surface area (Å²) in [5.41, 5.74) is 0.440. The number of rotatable bonds is 6. The molecule has 1 N–H and O–H groups in total. The number of amides is 1. The number of aromatic nitrogens is 2. The van der Waals surface area contributed by atoms with Crippen LogP contribution in [-0.2, 0) is 4.74 Å². The van der Waals surface area contributed by atoms with Gasteiger partial charge >= 0.3 is 0 Å². The molecule has 1 amide bonds. The summed E-state index contributed by atoms with van der Waals surface area (Å²) in [5, 5.41) is 3.10. The lowest BCUT2D eigenvalue weighted by atomic mass is 10.2. The van der Waals surface area contributed by atoms with E-state index in [2.05, 4.69) is 27.1 Å². The lowest BCUT2D eigenvalue weighted by Gasteiger charge is -2.33. The molecule has 0 saturated carbocycles. The number of nitrogens with zero attached hydrogens (tertiary/aromatic N) is 4. The molecule has 0 atom stereocenters. The van der Waals surface area contributed by atoms with E-state index >= 15 is 0 Å². The number of hydrogen-bond acceptors (Lipinski definition) is 6. The fraction of sp³-hybridized carbons (Fsp3) is 0.643. The van der Waals surface area contributed by atoms with Gasteiger partial charge in [0.1, 0.15) is 17.8 Å². The Labute approximate surface area is 125 Å². The van der Waals surface area contributed by atoms with Crippen molar-refractivity contribution in [3.63, 3.8) is 0 Å². The third-order valence-corrected chi connectivity index (χ3v) is 3.61. The molecule has 2 rings (SSSR count). The van der Waals surface area contributed by atoms with Gasteiger partial charge in [-0.25, -0.2) is 9.97 Å². The molecule has 7 nitrogen and oxygen atoms in total. The van der Waals surface area contributed by atoms with E-state index < -0.39 is 0 Å². The Balaban J connectivity index is 1.94. The van der Waals surface area contributed by atoms with E-state index in [4.69, 9.17) is 4.74 Å². The van der Waals surface area contributed by atoms with E-state index in [-0.39, 0.29) is 5.91 Å². The minimum atomic E-state index is -0.0251. The minimum absolute atomic E-state index is 0.0251. The summed E-state index contributed by atoms with van der Waals surface area (Å²) in [6, 6.07) is 1.70. The van der Waals surface area contributed by atoms with Gasteiger partial charge in [-0.1, -0.05) is 6.92 Å². The van der Waals surface area contributed by atoms with Crippen molar-refractivity contribution in [2.24, 2.45) is 0 Å². The van der Waals surface area contributed by atoms with Crippen LogP contribution >= 0.6 is 0 Å². The first-order valence-corrected chi connectivity index (χ1v) is 7.31. The lowest BCUT2D eigenvalue weighted by molar-refractivity contribution is 0.0637. The third kappa shape index (κ3) is 4.37. The number of carbonyl (C=O) groups is 1. The van der Waals surface area contributed by atoms with Crippen LogP contribution in [0.1, 0.15) is 17.4 Å². The Kier molecular flexibility index (Phi) is 5.89. The molecule has 0 aliphatic carbocycles. The first-order chi connectivity index (χ1) is 10.2. The predicted molar refractivity (Wildman–Crippen MR) is 80.4 cm³/mol. The van der Waals surface area contributed by atoms with Gasteiger partial charge < -0.3 is 19.9 Å². The Bertz CT molecular complexity index is 460. The first-order valence-electron chi connectivity index (χ1n) is 7.31. The summed E-state index contributed by atoms with van der Waals surface area (Å²) >= 11 is 0. The Morgan fingerprint density at radius 1 is 1.33 bits per heavy atom. The van der Waals surface area contributed by atoms with Crippen molar-refractivity contribution in [2.75, 3.05) is 58.3 Å². The van der Waals surface area contributed by atoms with E-state index in [9.17, 15) is 4.79 Å². The third-order valence-electron chi connectivity index (χ3n) is 3.61. The summed E-state index contributed by atoms with van der Waals surface area (Å²) in [6.07, 6.45) is 1.42. The van der Waals surface area contributed by atoms with Gasteiger partial charge in [-0.15, -0.1) is 0 Å². The summed E-state index contributed by atoms with van der Waals surface area (Å²) in [5.74, 6) is 0.625. The van der Waals surface area contributed by atoms with Gasteiger partial charge in [0.25, 0.3) is 5.91 Å². The topological polar surface area (TPSA) is 70.6 Å². The SMILES string of the molecule is CCN1CCN(C(=O)c2cc(NCCOC)ncn2)CC1. The zero-order valence-electron chi connectivity index (χ0n) is 12.7. The number of likely N-dealkylation sites (N-methyl/N-ethyl adjacent to an activating group) is 1. The normalized spacial score (nSPS) is 16.0. The van der Waals surface area contributed by atoms with Crippen molar-refractivity contribution in [1.29, 1.82) is 0 Å². The highest BCUT2D eigenvalue weighted by Crippen LogP contribution is 2.09. The van der Waals surface area contributed by atoms with Crippen LogP contribution in [0.25, 0.3) is 0 Å². The van der Waals surface area contributed by atoms with E-state index in [1.165, 1.54) is 6.33 Å². The van der Waals surface area contributed by atoms with Crippen molar-refractivity contribution in [3.05, 3.63) is 18.1 Å².